The number of amides is 1. The summed E-state index contributed by atoms with van der Waals surface area (Å²) in [6, 6.07) is 13.3. The van der Waals surface area contributed by atoms with Crippen LogP contribution in [0.5, 0.6) is 0 Å². The van der Waals surface area contributed by atoms with Crippen LogP contribution in [0.4, 0.5) is 0 Å². The second kappa shape index (κ2) is 9.24. The fourth-order valence-electron chi connectivity index (χ4n) is 3.81. The number of H-pyrrole nitrogens is 1. The van der Waals surface area contributed by atoms with E-state index in [1.165, 1.54) is 0 Å². The van der Waals surface area contributed by atoms with Gasteiger partial charge in [-0.05, 0) is 29.7 Å². The maximum atomic E-state index is 12.7. The number of carboxylic acids is 1. The molecule has 0 spiro atoms. The van der Waals surface area contributed by atoms with Crippen molar-refractivity contribution in [2.45, 2.75) is 24.9 Å². The Kier molecular flexibility index (Phi) is 6.25. The van der Waals surface area contributed by atoms with E-state index in [9.17, 15) is 14.7 Å². The van der Waals surface area contributed by atoms with Crippen LogP contribution in [0.15, 0.2) is 60.9 Å². The van der Waals surface area contributed by atoms with Crippen molar-refractivity contribution >= 4 is 46.1 Å². The van der Waals surface area contributed by atoms with E-state index in [-0.39, 0.29) is 25.9 Å². The van der Waals surface area contributed by atoms with Crippen LogP contribution >= 0.6 is 12.4 Å². The third-order valence-corrected chi connectivity index (χ3v) is 5.36. The number of aliphatic carboxylic acids is 1. The number of hydrogen-bond acceptors (Lipinski definition) is 3. The number of nitrogens with zero attached hydrogens (tertiary/aromatic N) is 1. The molecule has 2 atom stereocenters. The molecule has 2 aromatic heterocycles. The summed E-state index contributed by atoms with van der Waals surface area (Å²) in [6.07, 6.45) is 3.99. The molecule has 4 aromatic rings. The Labute approximate surface area is 187 Å². The van der Waals surface area contributed by atoms with E-state index in [0.717, 1.165) is 32.9 Å². The van der Waals surface area contributed by atoms with Crippen LogP contribution in [-0.2, 0) is 29.5 Å². The average molecular weight is 442 g/mol. The first-order valence-corrected chi connectivity index (χ1v) is 9.67. The number of carboxylic acid groups (broad SMARTS) is 1. The van der Waals surface area contributed by atoms with Gasteiger partial charge in [0.2, 0.25) is 5.91 Å². The van der Waals surface area contributed by atoms with Crippen molar-refractivity contribution in [1.29, 1.82) is 0 Å². The fourth-order valence-corrected chi connectivity index (χ4v) is 3.81. The summed E-state index contributed by atoms with van der Waals surface area (Å²) in [7, 11) is 0.0279. The molecule has 0 aliphatic carbocycles. The Hall–Kier alpha value is -3.29. The molecule has 162 valence electrons. The summed E-state index contributed by atoms with van der Waals surface area (Å²) in [5.41, 5.74) is 9.60. The summed E-state index contributed by atoms with van der Waals surface area (Å²) in [5, 5.41) is 14.1. The van der Waals surface area contributed by atoms with Crippen molar-refractivity contribution in [2.75, 3.05) is 0 Å². The lowest BCUT2D eigenvalue weighted by atomic mass is 10.0. The highest BCUT2D eigenvalue weighted by Crippen LogP contribution is 2.22. The number of aromatic amines is 1. The lowest BCUT2D eigenvalue weighted by Gasteiger charge is -2.17. The highest BCUT2D eigenvalue weighted by Gasteiger charge is 2.25. The maximum Gasteiger partial charge on any atom is 0.326 e. The molecule has 0 bridgehead atoms. The third kappa shape index (κ3) is 4.57. The van der Waals surface area contributed by atoms with Crippen LogP contribution in [0.3, 0.4) is 0 Å². The van der Waals surface area contributed by atoms with Crippen LogP contribution in [0, 0.1) is 0 Å². The zero-order valence-electron chi connectivity index (χ0n) is 17.7. The van der Waals surface area contributed by atoms with Gasteiger partial charge in [-0.2, -0.15) is 0 Å². The second-order valence-corrected chi connectivity index (χ2v) is 7.41. The number of para-hydroxylation sites is 2. The molecule has 0 saturated carbocycles. The number of fused-ring (bicyclic) bond motifs is 2. The van der Waals surface area contributed by atoms with E-state index in [2.05, 4.69) is 10.3 Å². The van der Waals surface area contributed by atoms with Crippen molar-refractivity contribution < 1.29 is 16.1 Å². The summed E-state index contributed by atoms with van der Waals surface area (Å²) >= 11 is 0. The van der Waals surface area contributed by atoms with E-state index in [0.29, 0.717) is 6.42 Å². The molecular weight excluding hydrogens is 416 g/mol. The minimum atomic E-state index is -1.13. The summed E-state index contributed by atoms with van der Waals surface area (Å²) < 4.78 is 9.43. The number of nitrogens with one attached hydrogen (secondary N) is 2. The highest BCUT2D eigenvalue weighted by atomic mass is 35.5. The number of aromatic nitrogens is 2. The summed E-state index contributed by atoms with van der Waals surface area (Å²) in [4.78, 5) is 27.7. The highest BCUT2D eigenvalue weighted by molar-refractivity contribution is 5.90. The monoisotopic (exact) mass is 441 g/mol. The minimum Gasteiger partial charge on any atom is -0.480 e. The lowest BCUT2D eigenvalue weighted by Crippen LogP contribution is -2.50. The molecule has 31 heavy (non-hydrogen) atoms. The molecule has 0 radical (unpaired) electrons. The standard InChI is InChI=1S/C23H24N4O3.ClH/c1-27-13-15(17-7-3-5-9-21(17)27)11-20(23(29)30)26-22(28)18(24)10-14-12-25-19-8-4-2-6-16(14)19;/h2-9,12-13,18,20,25H,10-11,24H2,1H3,(H,26,28)(H,29,30);1H/t18-,20-;/m0./s1/i1D;. The first kappa shape index (κ1) is 21.0. The van der Waals surface area contributed by atoms with Crippen molar-refractivity contribution in [3.63, 3.8) is 0 Å². The van der Waals surface area contributed by atoms with Crippen molar-refractivity contribution in [2.24, 2.45) is 12.8 Å². The maximum absolute atomic E-state index is 12.7. The Bertz CT molecular complexity index is 1250. The van der Waals surface area contributed by atoms with Crippen molar-refractivity contribution in [3.05, 3.63) is 72.1 Å². The van der Waals surface area contributed by atoms with E-state index in [1.807, 2.05) is 54.7 Å². The average Bonchev–Trinajstić information content (AvgIpc) is 3.34. The summed E-state index contributed by atoms with van der Waals surface area (Å²) in [6.45, 7) is 0. The molecule has 0 aliphatic rings. The SMILES string of the molecule is Cl.[2H]Cn1cc(C[C@H](NC(=O)[C@@H](N)Cc2c[nH]c3ccccc23)C(=O)O)c2ccccc21. The quantitative estimate of drug-likeness (QED) is 0.353. The molecular formula is C23H25ClN4O3. The number of nitrogens with two attached hydrogens (primary N) is 1. The minimum absolute atomic E-state index is 0. The van der Waals surface area contributed by atoms with Crippen molar-refractivity contribution in [1.82, 2.24) is 14.9 Å². The second-order valence-electron chi connectivity index (χ2n) is 7.41. The Balaban J connectivity index is 0.00000289. The first-order valence-electron chi connectivity index (χ1n) is 10.4. The molecule has 0 saturated heterocycles. The number of carbonyl (C=O) groups is 2. The number of benzene rings is 2. The Morgan fingerprint density at radius 1 is 1.13 bits per heavy atom. The molecule has 4 rings (SSSR count). The molecule has 5 N–H and O–H groups in total. The van der Waals surface area contributed by atoms with Gasteiger partial charge in [0, 0.05) is 49.0 Å². The first-order chi connectivity index (χ1) is 15.0. The topological polar surface area (TPSA) is 113 Å². The molecule has 2 heterocycles. The molecule has 7 nitrogen and oxygen atoms in total. The molecule has 8 heteroatoms. The fraction of sp³-hybridized carbons (Fsp3) is 0.217. The number of aryl methyl sites for hydroxylation is 1. The number of rotatable bonds is 7. The van der Waals surface area contributed by atoms with E-state index in [1.54, 1.807) is 10.8 Å². The number of halogens is 1. The lowest BCUT2D eigenvalue weighted by molar-refractivity contribution is -0.141. The van der Waals surface area contributed by atoms with Gasteiger partial charge < -0.3 is 25.7 Å². The van der Waals surface area contributed by atoms with Gasteiger partial charge in [-0.25, -0.2) is 4.79 Å². The third-order valence-electron chi connectivity index (χ3n) is 5.36. The van der Waals surface area contributed by atoms with Gasteiger partial charge in [0.1, 0.15) is 6.04 Å². The van der Waals surface area contributed by atoms with Crippen LogP contribution in [0.2, 0.25) is 0 Å². The smallest absolute Gasteiger partial charge is 0.326 e. The Morgan fingerprint density at radius 2 is 1.84 bits per heavy atom. The van der Waals surface area contributed by atoms with Gasteiger partial charge in [-0.3, -0.25) is 4.79 Å². The molecule has 0 aliphatic heterocycles. The molecule has 1 amide bonds. The van der Waals surface area contributed by atoms with Gasteiger partial charge in [0.05, 0.1) is 6.04 Å². The molecule has 0 fully saturated rings. The zero-order valence-corrected chi connectivity index (χ0v) is 17.6. The van der Waals surface area contributed by atoms with Gasteiger partial charge in [0.25, 0.3) is 0 Å². The van der Waals surface area contributed by atoms with Crippen molar-refractivity contribution in [3.8, 4) is 0 Å². The van der Waals surface area contributed by atoms with Crippen LogP contribution in [0.1, 0.15) is 12.5 Å². The van der Waals surface area contributed by atoms with Gasteiger partial charge in [-0.1, -0.05) is 36.4 Å². The van der Waals surface area contributed by atoms with Gasteiger partial charge >= 0.3 is 5.97 Å². The number of carbonyl (C=O) groups excluding carboxylic acids is 1. The predicted octanol–water partition coefficient (Wildman–Crippen LogP) is 2.76. The van der Waals surface area contributed by atoms with E-state index in [4.69, 9.17) is 7.10 Å². The predicted molar refractivity (Wildman–Crippen MR) is 123 cm³/mol. The summed E-state index contributed by atoms with van der Waals surface area (Å²) in [5.74, 6) is -1.64. The zero-order chi connectivity index (χ0) is 22.0. The van der Waals surface area contributed by atoms with E-state index < -0.39 is 24.0 Å². The normalized spacial score (nSPS) is 13.4. The van der Waals surface area contributed by atoms with Gasteiger partial charge in [-0.15, -0.1) is 12.4 Å². The molecule has 2 aromatic carbocycles. The molecule has 0 unspecified atom stereocenters. The van der Waals surface area contributed by atoms with Crippen LogP contribution in [0.25, 0.3) is 21.8 Å². The largest absolute Gasteiger partial charge is 0.480 e. The Morgan fingerprint density at radius 3 is 2.58 bits per heavy atom. The number of hydrogen-bond donors (Lipinski definition) is 4. The van der Waals surface area contributed by atoms with E-state index >= 15 is 0 Å². The van der Waals surface area contributed by atoms with Crippen LogP contribution in [-0.4, -0.2) is 38.6 Å². The van der Waals surface area contributed by atoms with Crippen LogP contribution < -0.4 is 11.1 Å². The van der Waals surface area contributed by atoms with Gasteiger partial charge in [0.15, 0.2) is 0 Å².